The molecular formula is C16H36O4Si. The Bertz CT molecular complexity index is 192. The molecule has 0 N–H and O–H groups in total. The van der Waals surface area contributed by atoms with Crippen LogP contribution in [0, 0.1) is 0 Å². The molecule has 0 radical (unpaired) electrons. The molecule has 0 aromatic rings. The predicted octanol–water partition coefficient (Wildman–Crippen LogP) is 4.76. The van der Waals surface area contributed by atoms with Gasteiger partial charge < -0.3 is 18.0 Å². The summed E-state index contributed by atoms with van der Waals surface area (Å²) < 4.78 is 22.4. The Morgan fingerprint density at radius 3 is 1.90 bits per heavy atom. The molecule has 5 heteroatoms. The van der Waals surface area contributed by atoms with E-state index in [1.54, 1.807) is 14.2 Å². The molecule has 0 aliphatic carbocycles. The number of unbranched alkanes of at least 4 members (excludes halogenated alkanes) is 7. The molecule has 128 valence electrons. The highest BCUT2D eigenvalue weighted by Gasteiger charge is 2.38. The van der Waals surface area contributed by atoms with Crippen molar-refractivity contribution in [3.8, 4) is 0 Å². The first-order valence-electron chi connectivity index (χ1n) is 8.56. The molecule has 0 bridgehead atoms. The summed E-state index contributed by atoms with van der Waals surface area (Å²) in [4.78, 5) is 0. The second-order valence-electron chi connectivity index (χ2n) is 5.49. The van der Waals surface area contributed by atoms with Crippen LogP contribution in [0.25, 0.3) is 0 Å². The van der Waals surface area contributed by atoms with E-state index in [1.165, 1.54) is 44.9 Å². The minimum Gasteiger partial charge on any atom is -0.377 e. The molecule has 0 aliphatic rings. The molecule has 0 saturated heterocycles. The molecule has 0 aromatic carbocycles. The largest absolute Gasteiger partial charge is 0.502 e. The van der Waals surface area contributed by atoms with Crippen LogP contribution in [0.2, 0.25) is 6.04 Å². The number of rotatable bonds is 16. The average Bonchev–Trinajstić information content (AvgIpc) is 2.52. The van der Waals surface area contributed by atoms with Crippen molar-refractivity contribution in [1.82, 2.24) is 0 Å². The zero-order valence-electron chi connectivity index (χ0n) is 14.6. The summed E-state index contributed by atoms with van der Waals surface area (Å²) in [6.07, 6.45) is 11.1. The highest BCUT2D eigenvalue weighted by molar-refractivity contribution is 6.60. The zero-order valence-corrected chi connectivity index (χ0v) is 15.6. The van der Waals surface area contributed by atoms with Gasteiger partial charge in [0.1, 0.15) is 6.79 Å². The van der Waals surface area contributed by atoms with Gasteiger partial charge in [-0.3, -0.25) is 0 Å². The average molecular weight is 321 g/mol. The summed E-state index contributed by atoms with van der Waals surface area (Å²) >= 11 is 0. The van der Waals surface area contributed by atoms with E-state index in [0.717, 1.165) is 25.5 Å². The molecule has 0 aliphatic heterocycles. The lowest BCUT2D eigenvalue weighted by molar-refractivity contribution is -0.0339. The summed E-state index contributed by atoms with van der Waals surface area (Å²) in [6.45, 7) is 5.46. The van der Waals surface area contributed by atoms with Crippen molar-refractivity contribution < 1.29 is 18.0 Å². The van der Waals surface area contributed by atoms with Crippen molar-refractivity contribution in [2.45, 2.75) is 77.7 Å². The Balaban J connectivity index is 3.78. The summed E-state index contributed by atoms with van der Waals surface area (Å²) in [5.74, 6) is 0. The topological polar surface area (TPSA) is 36.9 Å². The van der Waals surface area contributed by atoms with Crippen LogP contribution in [-0.2, 0) is 18.0 Å². The monoisotopic (exact) mass is 320 g/mol. The Hall–Kier alpha value is 0.0569. The third-order valence-electron chi connectivity index (χ3n) is 3.71. The van der Waals surface area contributed by atoms with E-state index < -0.39 is 8.80 Å². The van der Waals surface area contributed by atoms with E-state index in [4.69, 9.17) is 18.0 Å². The number of hydrogen-bond donors (Lipinski definition) is 0. The van der Waals surface area contributed by atoms with Crippen molar-refractivity contribution in [3.63, 3.8) is 0 Å². The van der Waals surface area contributed by atoms with Crippen molar-refractivity contribution in [2.24, 2.45) is 0 Å². The molecule has 0 saturated carbocycles. The summed E-state index contributed by atoms with van der Waals surface area (Å²) in [7, 11) is 0.863. The van der Waals surface area contributed by atoms with Gasteiger partial charge in [-0.15, -0.1) is 0 Å². The van der Waals surface area contributed by atoms with Crippen LogP contribution in [0.4, 0.5) is 0 Å². The van der Waals surface area contributed by atoms with Gasteiger partial charge in [-0.25, -0.2) is 0 Å². The van der Waals surface area contributed by atoms with E-state index in [1.807, 2.05) is 0 Å². The van der Waals surface area contributed by atoms with E-state index in [0.29, 0.717) is 0 Å². The zero-order chi connectivity index (χ0) is 15.8. The van der Waals surface area contributed by atoms with Crippen molar-refractivity contribution in [2.75, 3.05) is 27.6 Å². The number of ether oxygens (including phenoxy) is 1. The lowest BCUT2D eigenvalue weighted by Gasteiger charge is -2.26. The summed E-state index contributed by atoms with van der Waals surface area (Å²) in [5, 5.41) is 0. The third kappa shape index (κ3) is 11.3. The molecule has 0 heterocycles. The van der Waals surface area contributed by atoms with Crippen LogP contribution in [0.5, 0.6) is 0 Å². The van der Waals surface area contributed by atoms with E-state index in [2.05, 4.69) is 13.8 Å². The molecule has 0 amide bonds. The normalized spacial score (nSPS) is 12.0. The van der Waals surface area contributed by atoms with E-state index in [9.17, 15) is 0 Å². The van der Waals surface area contributed by atoms with E-state index in [-0.39, 0.29) is 6.79 Å². The van der Waals surface area contributed by atoms with E-state index >= 15 is 0 Å². The fourth-order valence-electron chi connectivity index (χ4n) is 2.24. The van der Waals surface area contributed by atoms with Crippen LogP contribution >= 0.6 is 0 Å². The number of hydrogen-bond acceptors (Lipinski definition) is 4. The van der Waals surface area contributed by atoms with Gasteiger partial charge in [-0.05, 0) is 12.8 Å². The van der Waals surface area contributed by atoms with Gasteiger partial charge in [0, 0.05) is 26.9 Å². The Kier molecular flexibility index (Phi) is 15.0. The molecular weight excluding hydrogens is 284 g/mol. The Labute approximate surface area is 132 Å². The van der Waals surface area contributed by atoms with Gasteiger partial charge in [0.05, 0.1) is 0 Å². The first kappa shape index (κ1) is 21.1. The standard InChI is InChI=1S/C16H36O4Si/c1-5-7-9-10-11-13-15-21(17-3,18-4)20-16-19-14-12-8-6-2/h5-16H2,1-4H3. The van der Waals surface area contributed by atoms with Gasteiger partial charge in [-0.1, -0.05) is 58.8 Å². The van der Waals surface area contributed by atoms with Crippen molar-refractivity contribution in [3.05, 3.63) is 0 Å². The second kappa shape index (κ2) is 15.0. The second-order valence-corrected chi connectivity index (χ2v) is 8.46. The lowest BCUT2D eigenvalue weighted by Crippen LogP contribution is -2.44. The third-order valence-corrected chi connectivity index (χ3v) is 6.48. The Morgan fingerprint density at radius 1 is 0.714 bits per heavy atom. The molecule has 0 spiro atoms. The summed E-state index contributed by atoms with van der Waals surface area (Å²) in [5.41, 5.74) is 0. The first-order chi connectivity index (χ1) is 10.2. The summed E-state index contributed by atoms with van der Waals surface area (Å²) in [6, 6.07) is 0.879. The molecule has 4 nitrogen and oxygen atoms in total. The highest BCUT2D eigenvalue weighted by Crippen LogP contribution is 2.19. The van der Waals surface area contributed by atoms with Gasteiger partial charge in [0.15, 0.2) is 0 Å². The van der Waals surface area contributed by atoms with Gasteiger partial charge in [0.2, 0.25) is 0 Å². The molecule has 0 rings (SSSR count). The highest BCUT2D eigenvalue weighted by atomic mass is 28.4. The maximum absolute atomic E-state index is 5.81. The maximum atomic E-state index is 5.81. The fourth-order valence-corrected chi connectivity index (χ4v) is 4.14. The minimum absolute atomic E-state index is 0.285. The first-order valence-corrected chi connectivity index (χ1v) is 10.5. The molecule has 21 heavy (non-hydrogen) atoms. The SMILES string of the molecule is CCCCCCCC[Si](OC)(OC)OCOCCCCC. The van der Waals surface area contributed by atoms with Gasteiger partial charge >= 0.3 is 8.80 Å². The molecule has 0 fully saturated rings. The lowest BCUT2D eigenvalue weighted by atomic mass is 10.1. The minimum atomic E-state index is -2.51. The van der Waals surface area contributed by atoms with Crippen LogP contribution in [0.3, 0.4) is 0 Å². The molecule has 0 aromatic heterocycles. The smallest absolute Gasteiger partial charge is 0.377 e. The molecule has 0 atom stereocenters. The molecule has 0 unspecified atom stereocenters. The Morgan fingerprint density at radius 2 is 1.29 bits per heavy atom. The quantitative estimate of drug-likeness (QED) is 0.233. The van der Waals surface area contributed by atoms with Crippen molar-refractivity contribution >= 4 is 8.80 Å². The van der Waals surface area contributed by atoms with Gasteiger partial charge in [0.25, 0.3) is 0 Å². The van der Waals surface area contributed by atoms with Crippen molar-refractivity contribution in [1.29, 1.82) is 0 Å². The maximum Gasteiger partial charge on any atom is 0.502 e. The van der Waals surface area contributed by atoms with Crippen LogP contribution in [0.15, 0.2) is 0 Å². The van der Waals surface area contributed by atoms with Crippen LogP contribution in [0.1, 0.15) is 71.6 Å². The van der Waals surface area contributed by atoms with Crippen LogP contribution in [-0.4, -0.2) is 36.4 Å². The van der Waals surface area contributed by atoms with Crippen LogP contribution < -0.4 is 0 Å². The van der Waals surface area contributed by atoms with Gasteiger partial charge in [-0.2, -0.15) is 0 Å². The predicted molar refractivity (Wildman–Crippen MR) is 89.4 cm³/mol. The fraction of sp³-hybridized carbons (Fsp3) is 1.00.